The first-order chi connectivity index (χ1) is 12.2. The molecule has 2 aromatic heterocycles. The van der Waals surface area contributed by atoms with Gasteiger partial charge in [0.15, 0.2) is 0 Å². The van der Waals surface area contributed by atoms with E-state index in [1.54, 1.807) is 12.4 Å². The Morgan fingerprint density at radius 2 is 1.84 bits per heavy atom. The molecular weight excluding hydrogens is 340 g/mol. The molecule has 1 atom stereocenters. The van der Waals surface area contributed by atoms with Gasteiger partial charge in [-0.05, 0) is 37.2 Å². The first-order valence-electron chi connectivity index (χ1n) is 8.72. The number of anilines is 1. The van der Waals surface area contributed by atoms with Crippen LogP contribution in [0.1, 0.15) is 29.8 Å². The summed E-state index contributed by atoms with van der Waals surface area (Å²) in [6.07, 6.45) is 8.35. The number of piperidine rings is 1. The van der Waals surface area contributed by atoms with Crippen molar-refractivity contribution in [2.24, 2.45) is 11.8 Å². The number of likely N-dealkylation sites (tertiary alicyclic amines) is 1. The number of rotatable bonds is 3. The van der Waals surface area contributed by atoms with Crippen LogP contribution in [-0.2, 0) is 0 Å². The number of amides is 1. The molecule has 2 saturated heterocycles. The Hall–Kier alpha value is -2.15. The minimum atomic E-state index is -0.0416. The third-order valence-corrected chi connectivity index (χ3v) is 5.65. The Labute approximate surface area is 151 Å². The SMILES string of the molecule is O=C(c1[nH]ncc1Cl)N1CC[C@@H](C2CCN(c3ncccn3)CC2)C1. The molecule has 1 amide bonds. The van der Waals surface area contributed by atoms with Gasteiger partial charge < -0.3 is 9.80 Å². The number of carbonyl (C=O) groups is 1. The number of aromatic amines is 1. The lowest BCUT2D eigenvalue weighted by Gasteiger charge is -2.34. The van der Waals surface area contributed by atoms with Gasteiger partial charge in [-0.25, -0.2) is 9.97 Å². The number of hydrogen-bond acceptors (Lipinski definition) is 5. The van der Waals surface area contributed by atoms with E-state index in [0.29, 0.717) is 22.6 Å². The topological polar surface area (TPSA) is 78.0 Å². The van der Waals surface area contributed by atoms with Crippen LogP contribution in [0.4, 0.5) is 5.95 Å². The molecule has 0 aliphatic carbocycles. The van der Waals surface area contributed by atoms with Crippen molar-refractivity contribution in [2.75, 3.05) is 31.1 Å². The predicted molar refractivity (Wildman–Crippen MR) is 94.6 cm³/mol. The highest BCUT2D eigenvalue weighted by Gasteiger charge is 2.35. The summed E-state index contributed by atoms with van der Waals surface area (Å²) in [7, 11) is 0. The second-order valence-electron chi connectivity index (χ2n) is 6.77. The van der Waals surface area contributed by atoms with Gasteiger partial charge in [-0.2, -0.15) is 5.10 Å². The fraction of sp³-hybridized carbons (Fsp3) is 0.529. The van der Waals surface area contributed by atoms with Crippen LogP contribution in [0, 0.1) is 11.8 Å². The Bertz CT molecular complexity index is 728. The summed E-state index contributed by atoms with van der Waals surface area (Å²) in [4.78, 5) is 25.4. The number of nitrogens with one attached hydrogen (secondary N) is 1. The summed E-state index contributed by atoms with van der Waals surface area (Å²) in [5.41, 5.74) is 0.401. The van der Waals surface area contributed by atoms with Crippen LogP contribution < -0.4 is 4.90 Å². The van der Waals surface area contributed by atoms with E-state index in [9.17, 15) is 4.79 Å². The number of halogens is 1. The van der Waals surface area contributed by atoms with Crippen LogP contribution in [0.5, 0.6) is 0 Å². The molecule has 1 N–H and O–H groups in total. The van der Waals surface area contributed by atoms with Gasteiger partial charge in [0.1, 0.15) is 5.69 Å². The van der Waals surface area contributed by atoms with Gasteiger partial charge in [-0.15, -0.1) is 0 Å². The maximum Gasteiger partial charge on any atom is 0.273 e. The van der Waals surface area contributed by atoms with Gasteiger partial charge in [0.05, 0.1) is 11.2 Å². The van der Waals surface area contributed by atoms with Crippen LogP contribution in [0.15, 0.2) is 24.7 Å². The Morgan fingerprint density at radius 3 is 2.52 bits per heavy atom. The highest BCUT2D eigenvalue weighted by Crippen LogP contribution is 2.33. The van der Waals surface area contributed by atoms with Gasteiger partial charge in [-0.3, -0.25) is 9.89 Å². The number of aromatic nitrogens is 4. The molecule has 132 valence electrons. The van der Waals surface area contributed by atoms with Crippen LogP contribution in [0.3, 0.4) is 0 Å². The molecule has 4 heterocycles. The van der Waals surface area contributed by atoms with Gasteiger partial charge in [-0.1, -0.05) is 11.6 Å². The maximum atomic E-state index is 12.5. The zero-order valence-corrected chi connectivity index (χ0v) is 14.7. The predicted octanol–water partition coefficient (Wildman–Crippen LogP) is 2.23. The van der Waals surface area contributed by atoms with Gasteiger partial charge in [0.2, 0.25) is 5.95 Å². The molecule has 4 rings (SSSR count). The van der Waals surface area contributed by atoms with Gasteiger partial charge in [0.25, 0.3) is 5.91 Å². The molecule has 7 nitrogen and oxygen atoms in total. The Balaban J connectivity index is 1.33. The molecule has 0 saturated carbocycles. The quantitative estimate of drug-likeness (QED) is 0.908. The summed E-state index contributed by atoms with van der Waals surface area (Å²) >= 11 is 6.01. The van der Waals surface area contributed by atoms with Crippen molar-refractivity contribution in [3.05, 3.63) is 35.4 Å². The summed E-state index contributed by atoms with van der Waals surface area (Å²) in [6, 6.07) is 1.84. The van der Waals surface area contributed by atoms with E-state index in [1.807, 2.05) is 11.0 Å². The summed E-state index contributed by atoms with van der Waals surface area (Å²) < 4.78 is 0. The fourth-order valence-corrected chi connectivity index (χ4v) is 4.13. The average Bonchev–Trinajstić information content (AvgIpc) is 3.31. The Kier molecular flexibility index (Phi) is 4.57. The van der Waals surface area contributed by atoms with Crippen LogP contribution in [0.25, 0.3) is 0 Å². The highest BCUT2D eigenvalue weighted by molar-refractivity contribution is 6.33. The van der Waals surface area contributed by atoms with Crippen molar-refractivity contribution in [2.45, 2.75) is 19.3 Å². The molecule has 0 aromatic carbocycles. The molecule has 0 unspecified atom stereocenters. The first kappa shape index (κ1) is 16.3. The van der Waals surface area contributed by atoms with Gasteiger partial charge in [0, 0.05) is 38.6 Å². The van der Waals surface area contributed by atoms with E-state index >= 15 is 0 Å². The summed E-state index contributed by atoms with van der Waals surface area (Å²) in [5, 5.41) is 6.94. The van der Waals surface area contributed by atoms with Crippen LogP contribution in [0.2, 0.25) is 5.02 Å². The largest absolute Gasteiger partial charge is 0.341 e. The summed E-state index contributed by atoms with van der Waals surface area (Å²) in [5.74, 6) is 1.98. The van der Waals surface area contributed by atoms with E-state index in [0.717, 1.165) is 51.4 Å². The van der Waals surface area contributed by atoms with E-state index in [-0.39, 0.29) is 5.91 Å². The standard InChI is InChI=1S/C17H21ClN6O/c18-14-10-21-22-15(14)16(25)24-9-4-13(11-24)12-2-7-23(8-3-12)17-19-5-1-6-20-17/h1,5-6,10,12-13H,2-4,7-9,11H2,(H,21,22)/t13-/m1/s1. The zero-order chi connectivity index (χ0) is 17.2. The number of hydrogen-bond donors (Lipinski definition) is 1. The fourth-order valence-electron chi connectivity index (χ4n) is 3.96. The molecule has 2 aromatic rings. The second-order valence-corrected chi connectivity index (χ2v) is 7.17. The summed E-state index contributed by atoms with van der Waals surface area (Å²) in [6.45, 7) is 3.55. The molecule has 2 fully saturated rings. The van der Waals surface area contributed by atoms with E-state index < -0.39 is 0 Å². The number of H-pyrrole nitrogens is 1. The molecule has 8 heteroatoms. The van der Waals surface area contributed by atoms with Crippen molar-refractivity contribution in [1.29, 1.82) is 0 Å². The smallest absolute Gasteiger partial charge is 0.273 e. The van der Waals surface area contributed by atoms with Crippen molar-refractivity contribution in [1.82, 2.24) is 25.1 Å². The average molecular weight is 361 g/mol. The molecule has 25 heavy (non-hydrogen) atoms. The minimum absolute atomic E-state index is 0.0416. The monoisotopic (exact) mass is 360 g/mol. The lowest BCUT2D eigenvalue weighted by molar-refractivity contribution is 0.0775. The van der Waals surface area contributed by atoms with Gasteiger partial charge >= 0.3 is 0 Å². The van der Waals surface area contributed by atoms with Crippen molar-refractivity contribution >= 4 is 23.5 Å². The van der Waals surface area contributed by atoms with Crippen molar-refractivity contribution in [3.8, 4) is 0 Å². The molecule has 2 aliphatic heterocycles. The zero-order valence-electron chi connectivity index (χ0n) is 13.9. The lowest BCUT2D eigenvalue weighted by atomic mass is 9.84. The number of nitrogens with zero attached hydrogens (tertiary/aromatic N) is 5. The number of carbonyl (C=O) groups excluding carboxylic acids is 1. The maximum absolute atomic E-state index is 12.5. The third-order valence-electron chi connectivity index (χ3n) is 5.36. The highest BCUT2D eigenvalue weighted by atomic mass is 35.5. The minimum Gasteiger partial charge on any atom is -0.341 e. The van der Waals surface area contributed by atoms with Crippen molar-refractivity contribution in [3.63, 3.8) is 0 Å². The van der Waals surface area contributed by atoms with Crippen molar-refractivity contribution < 1.29 is 4.79 Å². The van der Waals surface area contributed by atoms with Crippen LogP contribution in [-0.4, -0.2) is 57.2 Å². The molecule has 2 aliphatic rings. The molecular formula is C17H21ClN6O. The van der Waals surface area contributed by atoms with E-state index in [2.05, 4.69) is 25.1 Å². The Morgan fingerprint density at radius 1 is 1.12 bits per heavy atom. The first-order valence-corrected chi connectivity index (χ1v) is 9.10. The van der Waals surface area contributed by atoms with E-state index in [4.69, 9.17) is 11.6 Å². The van der Waals surface area contributed by atoms with Crippen LogP contribution >= 0.6 is 11.6 Å². The third kappa shape index (κ3) is 3.33. The molecule has 0 spiro atoms. The second kappa shape index (κ2) is 7.00. The molecule has 0 bridgehead atoms. The molecule has 0 radical (unpaired) electrons. The van der Waals surface area contributed by atoms with E-state index in [1.165, 1.54) is 6.20 Å². The lowest BCUT2D eigenvalue weighted by Crippen LogP contribution is -2.38. The normalized spacial score (nSPS) is 21.7.